The zero-order valence-corrected chi connectivity index (χ0v) is 12.8. The smallest absolute Gasteiger partial charge is 0.240 e. The van der Waals surface area contributed by atoms with Gasteiger partial charge in [-0.25, -0.2) is 13.1 Å². The highest BCUT2D eigenvalue weighted by molar-refractivity contribution is 7.89. The summed E-state index contributed by atoms with van der Waals surface area (Å²) >= 11 is 5.91. The lowest BCUT2D eigenvalue weighted by Crippen LogP contribution is -2.40. The first kappa shape index (κ1) is 16.2. The third-order valence-electron chi connectivity index (χ3n) is 2.80. The average Bonchev–Trinajstić information content (AvgIpc) is 2.35. The van der Waals surface area contributed by atoms with E-state index in [2.05, 4.69) is 4.72 Å². The molecule has 0 saturated carbocycles. The van der Waals surface area contributed by atoms with Crippen molar-refractivity contribution < 1.29 is 13.2 Å². The van der Waals surface area contributed by atoms with Crippen molar-refractivity contribution in [1.29, 1.82) is 0 Å². The van der Waals surface area contributed by atoms with Gasteiger partial charge in [-0.2, -0.15) is 0 Å². The maximum atomic E-state index is 12.0. The van der Waals surface area contributed by atoms with Crippen LogP contribution in [-0.4, -0.2) is 28.1 Å². The topological polar surface area (TPSA) is 81.4 Å². The summed E-state index contributed by atoms with van der Waals surface area (Å²) in [4.78, 5) is 0.0919. The van der Waals surface area contributed by atoms with E-state index in [-0.39, 0.29) is 28.4 Å². The van der Waals surface area contributed by atoms with Crippen molar-refractivity contribution in [1.82, 2.24) is 4.72 Å². The predicted molar refractivity (Wildman–Crippen MR) is 76.0 cm³/mol. The van der Waals surface area contributed by atoms with Crippen molar-refractivity contribution >= 4 is 21.6 Å². The van der Waals surface area contributed by atoms with Crippen LogP contribution in [0.15, 0.2) is 23.1 Å². The van der Waals surface area contributed by atoms with Gasteiger partial charge in [-0.15, -0.1) is 0 Å². The average molecular weight is 307 g/mol. The minimum absolute atomic E-state index is 0.0919. The maximum Gasteiger partial charge on any atom is 0.240 e. The first-order chi connectivity index (χ1) is 8.77. The molecule has 3 N–H and O–H groups in total. The van der Waals surface area contributed by atoms with Gasteiger partial charge in [0.25, 0.3) is 0 Å². The fourth-order valence-corrected chi connectivity index (χ4v) is 2.76. The normalized spacial score (nSPS) is 13.6. The molecule has 1 rings (SSSR count). The Morgan fingerprint density at radius 1 is 1.42 bits per heavy atom. The van der Waals surface area contributed by atoms with E-state index in [4.69, 9.17) is 22.1 Å². The van der Waals surface area contributed by atoms with Gasteiger partial charge in [-0.05, 0) is 24.1 Å². The van der Waals surface area contributed by atoms with Gasteiger partial charge in [-0.1, -0.05) is 25.4 Å². The summed E-state index contributed by atoms with van der Waals surface area (Å²) in [5.41, 5.74) is 5.80. The number of hydrogen-bond acceptors (Lipinski definition) is 4. The van der Waals surface area contributed by atoms with Crippen LogP contribution in [0.5, 0.6) is 5.75 Å². The van der Waals surface area contributed by atoms with Crippen LogP contribution in [0.4, 0.5) is 0 Å². The number of ether oxygens (including phenoxy) is 1. The summed E-state index contributed by atoms with van der Waals surface area (Å²) in [6.45, 7) is 4.05. The molecule has 1 aromatic rings. The molecule has 0 radical (unpaired) electrons. The Hall–Kier alpha value is -0.820. The lowest BCUT2D eigenvalue weighted by Gasteiger charge is -2.16. The number of hydrogen-bond donors (Lipinski definition) is 2. The molecule has 0 spiro atoms. The van der Waals surface area contributed by atoms with Crippen molar-refractivity contribution in [3.05, 3.63) is 23.2 Å². The summed E-state index contributed by atoms with van der Waals surface area (Å²) < 4.78 is 31.5. The van der Waals surface area contributed by atoms with E-state index in [1.807, 2.05) is 13.8 Å². The molecule has 0 saturated heterocycles. The molecule has 1 aromatic carbocycles. The molecule has 108 valence electrons. The molecule has 0 amide bonds. The van der Waals surface area contributed by atoms with Gasteiger partial charge in [0.1, 0.15) is 5.75 Å². The van der Waals surface area contributed by atoms with E-state index < -0.39 is 10.0 Å². The van der Waals surface area contributed by atoms with Gasteiger partial charge in [0.05, 0.1) is 17.0 Å². The Morgan fingerprint density at radius 2 is 2.05 bits per heavy atom. The molecule has 0 aliphatic carbocycles. The molecule has 0 aliphatic rings. The number of benzene rings is 1. The Morgan fingerprint density at radius 3 is 2.53 bits per heavy atom. The first-order valence-electron chi connectivity index (χ1n) is 5.86. The van der Waals surface area contributed by atoms with Crippen LogP contribution in [0.1, 0.15) is 13.8 Å². The van der Waals surface area contributed by atoms with Crippen molar-refractivity contribution in [3.63, 3.8) is 0 Å². The lowest BCUT2D eigenvalue weighted by atomic mass is 10.1. The van der Waals surface area contributed by atoms with Crippen molar-refractivity contribution in [3.8, 4) is 5.75 Å². The number of methoxy groups -OCH3 is 1. The second-order valence-electron chi connectivity index (χ2n) is 4.56. The molecule has 7 heteroatoms. The number of nitrogens with two attached hydrogens (primary N) is 1. The molecule has 0 aromatic heterocycles. The fourth-order valence-electron chi connectivity index (χ4n) is 1.34. The number of halogens is 1. The summed E-state index contributed by atoms with van der Waals surface area (Å²) in [5.74, 6) is 0.627. The minimum atomic E-state index is -3.61. The monoisotopic (exact) mass is 306 g/mol. The van der Waals surface area contributed by atoms with Crippen LogP contribution in [0, 0.1) is 5.92 Å². The van der Waals surface area contributed by atoms with Crippen LogP contribution in [0.3, 0.4) is 0 Å². The number of sulfonamides is 1. The molecule has 5 nitrogen and oxygen atoms in total. The molecule has 0 aliphatic heterocycles. The van der Waals surface area contributed by atoms with Crippen LogP contribution in [0.2, 0.25) is 5.02 Å². The largest absolute Gasteiger partial charge is 0.495 e. The van der Waals surface area contributed by atoms with Crippen LogP contribution >= 0.6 is 11.6 Å². The van der Waals surface area contributed by atoms with E-state index in [1.165, 1.54) is 25.3 Å². The zero-order valence-electron chi connectivity index (χ0n) is 11.2. The van der Waals surface area contributed by atoms with E-state index in [9.17, 15) is 8.42 Å². The third kappa shape index (κ3) is 4.35. The molecule has 19 heavy (non-hydrogen) atoms. The van der Waals surface area contributed by atoms with Crippen molar-refractivity contribution in [2.24, 2.45) is 11.7 Å². The SMILES string of the molecule is COc1ccc(S(=O)(=O)NCC(N)C(C)C)cc1Cl. The van der Waals surface area contributed by atoms with Crippen LogP contribution in [0.25, 0.3) is 0 Å². The summed E-state index contributed by atoms with van der Waals surface area (Å²) in [7, 11) is -2.14. The Bertz CT molecular complexity index is 532. The molecule has 1 unspecified atom stereocenters. The highest BCUT2D eigenvalue weighted by Gasteiger charge is 2.18. The second kappa shape index (κ2) is 6.56. The predicted octanol–water partition coefficient (Wildman–Crippen LogP) is 1.61. The van der Waals surface area contributed by atoms with Gasteiger partial charge in [-0.3, -0.25) is 0 Å². The Balaban J connectivity index is 2.86. The molecule has 1 atom stereocenters. The van der Waals surface area contributed by atoms with E-state index in [0.717, 1.165) is 0 Å². The highest BCUT2D eigenvalue weighted by Crippen LogP contribution is 2.26. The maximum absolute atomic E-state index is 12.0. The summed E-state index contributed by atoms with van der Waals surface area (Å²) in [6, 6.07) is 4.07. The van der Waals surface area contributed by atoms with Crippen molar-refractivity contribution in [2.75, 3.05) is 13.7 Å². The first-order valence-corrected chi connectivity index (χ1v) is 7.73. The van der Waals surface area contributed by atoms with Crippen LogP contribution in [-0.2, 0) is 10.0 Å². The quantitative estimate of drug-likeness (QED) is 0.836. The Labute approximate surface area is 119 Å². The van der Waals surface area contributed by atoms with E-state index in [1.54, 1.807) is 0 Å². The molecule has 0 fully saturated rings. The van der Waals surface area contributed by atoms with Gasteiger partial charge >= 0.3 is 0 Å². The molecule has 0 heterocycles. The van der Waals surface area contributed by atoms with E-state index in [0.29, 0.717) is 5.75 Å². The Kier molecular flexibility index (Phi) is 5.61. The number of nitrogens with one attached hydrogen (secondary N) is 1. The third-order valence-corrected chi connectivity index (χ3v) is 4.52. The fraction of sp³-hybridized carbons (Fsp3) is 0.500. The zero-order chi connectivity index (χ0) is 14.6. The second-order valence-corrected chi connectivity index (χ2v) is 6.73. The van der Waals surface area contributed by atoms with Gasteiger partial charge in [0.2, 0.25) is 10.0 Å². The van der Waals surface area contributed by atoms with Gasteiger partial charge < -0.3 is 10.5 Å². The van der Waals surface area contributed by atoms with E-state index >= 15 is 0 Å². The number of rotatable bonds is 6. The molecule has 0 bridgehead atoms. The summed E-state index contributed by atoms with van der Waals surface area (Å²) in [5, 5.41) is 0.249. The van der Waals surface area contributed by atoms with Crippen LogP contribution < -0.4 is 15.2 Å². The standard InChI is InChI=1S/C12H19ClN2O3S/c1-8(2)11(14)7-15-19(16,17)9-4-5-12(18-3)10(13)6-9/h4-6,8,11,15H,7,14H2,1-3H3. The lowest BCUT2D eigenvalue weighted by molar-refractivity contribution is 0.414. The minimum Gasteiger partial charge on any atom is -0.495 e. The highest BCUT2D eigenvalue weighted by atomic mass is 35.5. The van der Waals surface area contributed by atoms with Gasteiger partial charge in [0, 0.05) is 12.6 Å². The molecular weight excluding hydrogens is 288 g/mol. The van der Waals surface area contributed by atoms with Gasteiger partial charge in [0.15, 0.2) is 0 Å². The molecular formula is C12H19ClN2O3S. The summed E-state index contributed by atoms with van der Waals surface area (Å²) in [6.07, 6.45) is 0. The van der Waals surface area contributed by atoms with Crippen molar-refractivity contribution in [2.45, 2.75) is 24.8 Å².